The minimum atomic E-state index is -3.68. The van der Waals surface area contributed by atoms with E-state index < -0.39 is 10.0 Å². The van der Waals surface area contributed by atoms with Gasteiger partial charge in [-0.1, -0.05) is 25.1 Å². The van der Waals surface area contributed by atoms with Gasteiger partial charge in [-0.25, -0.2) is 8.42 Å². The fourth-order valence-corrected chi connectivity index (χ4v) is 2.83. The van der Waals surface area contributed by atoms with Crippen LogP contribution in [0.2, 0.25) is 0 Å². The van der Waals surface area contributed by atoms with Crippen LogP contribution in [0.5, 0.6) is 0 Å². The minimum absolute atomic E-state index is 0.156. The van der Waals surface area contributed by atoms with Gasteiger partial charge in [0.1, 0.15) is 5.69 Å². The van der Waals surface area contributed by atoms with Crippen LogP contribution >= 0.6 is 0 Å². The van der Waals surface area contributed by atoms with Crippen molar-refractivity contribution < 1.29 is 13.2 Å². The maximum Gasteiger partial charge on any atom is 0.269 e. The first-order valence-electron chi connectivity index (χ1n) is 6.85. The van der Waals surface area contributed by atoms with E-state index in [1.54, 1.807) is 18.2 Å². The highest BCUT2D eigenvalue weighted by atomic mass is 32.2. The minimum Gasteiger partial charge on any atom is -0.351 e. The van der Waals surface area contributed by atoms with Gasteiger partial charge in [0.25, 0.3) is 15.9 Å². The molecule has 0 fully saturated rings. The third kappa shape index (κ3) is 4.05. The average molecular weight is 319 g/mol. The van der Waals surface area contributed by atoms with Crippen molar-refractivity contribution in [1.29, 1.82) is 0 Å². The molecule has 0 radical (unpaired) electrons. The van der Waals surface area contributed by atoms with Gasteiger partial charge in [-0.15, -0.1) is 0 Å². The van der Waals surface area contributed by atoms with E-state index in [4.69, 9.17) is 0 Å². The molecule has 0 atom stereocenters. The number of anilines is 1. The van der Waals surface area contributed by atoms with Gasteiger partial charge in [-0.2, -0.15) is 0 Å². The lowest BCUT2D eigenvalue weighted by Gasteiger charge is -2.09. The highest BCUT2D eigenvalue weighted by Gasteiger charge is 2.15. The Balaban J connectivity index is 2.19. The van der Waals surface area contributed by atoms with Gasteiger partial charge in [0.15, 0.2) is 0 Å². The van der Waals surface area contributed by atoms with Gasteiger partial charge < -0.3 is 5.32 Å². The zero-order valence-electron chi connectivity index (χ0n) is 12.1. The molecule has 116 valence electrons. The molecule has 0 unspecified atom stereocenters. The number of carbonyl (C=O) groups excluding carboxylic acids is 1. The number of hydrogen-bond donors (Lipinski definition) is 2. The Hall–Kier alpha value is -2.41. The summed E-state index contributed by atoms with van der Waals surface area (Å²) < 4.78 is 26.9. The predicted molar refractivity (Wildman–Crippen MR) is 84.1 cm³/mol. The zero-order valence-corrected chi connectivity index (χ0v) is 12.9. The van der Waals surface area contributed by atoms with Gasteiger partial charge in [0, 0.05) is 12.7 Å². The molecule has 2 N–H and O–H groups in total. The van der Waals surface area contributed by atoms with E-state index >= 15 is 0 Å². The molecule has 0 saturated heterocycles. The lowest BCUT2D eigenvalue weighted by Crippen LogP contribution is -2.25. The number of sulfonamides is 1. The van der Waals surface area contributed by atoms with Crippen LogP contribution in [0.1, 0.15) is 23.8 Å². The van der Waals surface area contributed by atoms with Gasteiger partial charge in [0.05, 0.1) is 10.6 Å². The first-order valence-corrected chi connectivity index (χ1v) is 8.33. The Morgan fingerprint density at radius 3 is 2.59 bits per heavy atom. The van der Waals surface area contributed by atoms with E-state index in [2.05, 4.69) is 15.0 Å². The van der Waals surface area contributed by atoms with Gasteiger partial charge in [0.2, 0.25) is 0 Å². The van der Waals surface area contributed by atoms with Crippen LogP contribution in [0.25, 0.3) is 0 Å². The van der Waals surface area contributed by atoms with Gasteiger partial charge in [-0.3, -0.25) is 14.5 Å². The summed E-state index contributed by atoms with van der Waals surface area (Å²) in [6, 6.07) is 10.9. The Bertz CT molecular complexity index is 746. The van der Waals surface area contributed by atoms with Crippen molar-refractivity contribution in [2.45, 2.75) is 18.2 Å². The quantitative estimate of drug-likeness (QED) is 0.852. The van der Waals surface area contributed by atoms with E-state index in [1.807, 2.05) is 6.92 Å². The molecule has 0 aliphatic heterocycles. The zero-order chi connectivity index (χ0) is 16.0. The monoisotopic (exact) mass is 319 g/mol. The summed E-state index contributed by atoms with van der Waals surface area (Å²) in [5, 5.41) is 2.69. The Morgan fingerprint density at radius 2 is 1.91 bits per heavy atom. The number of pyridine rings is 1. The van der Waals surface area contributed by atoms with Crippen LogP contribution in [0.3, 0.4) is 0 Å². The fraction of sp³-hybridized carbons (Fsp3) is 0.200. The molecular weight excluding hydrogens is 302 g/mol. The molecule has 22 heavy (non-hydrogen) atoms. The van der Waals surface area contributed by atoms with E-state index in [1.165, 1.54) is 30.5 Å². The normalized spacial score (nSPS) is 11.0. The van der Waals surface area contributed by atoms with Crippen LogP contribution in [-0.2, 0) is 10.0 Å². The number of rotatable bonds is 6. The van der Waals surface area contributed by atoms with E-state index in [0.717, 1.165) is 6.42 Å². The van der Waals surface area contributed by atoms with Crippen molar-refractivity contribution in [3.05, 3.63) is 54.4 Å². The van der Waals surface area contributed by atoms with Crippen LogP contribution in [0.4, 0.5) is 5.69 Å². The third-order valence-electron chi connectivity index (χ3n) is 2.83. The first kappa shape index (κ1) is 16.0. The molecule has 2 aromatic rings. The highest BCUT2D eigenvalue weighted by Crippen LogP contribution is 2.15. The number of hydrogen-bond acceptors (Lipinski definition) is 4. The third-order valence-corrected chi connectivity index (χ3v) is 4.23. The Labute approximate surface area is 129 Å². The Kier molecular flexibility index (Phi) is 5.11. The van der Waals surface area contributed by atoms with Crippen LogP contribution in [0, 0.1) is 0 Å². The molecule has 0 saturated carbocycles. The largest absolute Gasteiger partial charge is 0.351 e. The van der Waals surface area contributed by atoms with E-state index in [-0.39, 0.29) is 16.5 Å². The van der Waals surface area contributed by atoms with Crippen LogP contribution in [0.15, 0.2) is 53.6 Å². The summed E-state index contributed by atoms with van der Waals surface area (Å²) in [6.45, 7) is 2.48. The molecule has 7 heteroatoms. The standard InChI is InChI=1S/C15H17N3O3S/c1-2-9-17-15(19)14-11-12(8-10-16-14)18-22(20,21)13-6-4-3-5-7-13/h3-8,10-11H,2,9H2,1H3,(H,16,18)(H,17,19). The SMILES string of the molecule is CCCNC(=O)c1cc(NS(=O)(=O)c2ccccc2)ccn1. The smallest absolute Gasteiger partial charge is 0.269 e. The van der Waals surface area contributed by atoms with Crippen molar-refractivity contribution >= 4 is 21.6 Å². The maximum atomic E-state index is 12.2. The fourth-order valence-electron chi connectivity index (χ4n) is 1.76. The summed E-state index contributed by atoms with van der Waals surface area (Å²) in [5.41, 5.74) is 0.460. The van der Waals surface area contributed by atoms with Crippen molar-refractivity contribution in [3.8, 4) is 0 Å². The van der Waals surface area contributed by atoms with E-state index in [0.29, 0.717) is 12.2 Å². The van der Waals surface area contributed by atoms with Crippen molar-refractivity contribution in [2.24, 2.45) is 0 Å². The molecule has 1 aromatic carbocycles. The van der Waals surface area contributed by atoms with Crippen LogP contribution in [-0.4, -0.2) is 25.9 Å². The van der Waals surface area contributed by atoms with Crippen molar-refractivity contribution in [3.63, 3.8) is 0 Å². The number of nitrogens with one attached hydrogen (secondary N) is 2. The number of benzene rings is 1. The number of nitrogens with zero attached hydrogens (tertiary/aromatic N) is 1. The predicted octanol–water partition coefficient (Wildman–Crippen LogP) is 2.02. The second-order valence-corrected chi connectivity index (χ2v) is 6.29. The molecule has 0 spiro atoms. The molecule has 0 bridgehead atoms. The maximum absolute atomic E-state index is 12.2. The molecule has 1 heterocycles. The number of aromatic nitrogens is 1. The summed E-state index contributed by atoms with van der Waals surface area (Å²) >= 11 is 0. The highest BCUT2D eigenvalue weighted by molar-refractivity contribution is 7.92. The summed E-state index contributed by atoms with van der Waals surface area (Å²) in [6.07, 6.45) is 2.20. The van der Waals surface area contributed by atoms with Gasteiger partial charge in [-0.05, 0) is 30.7 Å². The topological polar surface area (TPSA) is 88.2 Å². The van der Waals surface area contributed by atoms with Gasteiger partial charge >= 0.3 is 0 Å². The van der Waals surface area contributed by atoms with E-state index in [9.17, 15) is 13.2 Å². The molecule has 2 rings (SSSR count). The summed E-state index contributed by atoms with van der Waals surface area (Å²) in [5.74, 6) is -0.331. The van der Waals surface area contributed by atoms with Crippen molar-refractivity contribution in [1.82, 2.24) is 10.3 Å². The lowest BCUT2D eigenvalue weighted by molar-refractivity contribution is 0.0948. The summed E-state index contributed by atoms with van der Waals surface area (Å²) in [7, 11) is -3.68. The molecule has 0 aliphatic rings. The molecule has 1 aromatic heterocycles. The second-order valence-electron chi connectivity index (χ2n) is 4.60. The number of amides is 1. The summed E-state index contributed by atoms with van der Waals surface area (Å²) in [4.78, 5) is 15.9. The first-order chi connectivity index (χ1) is 10.5. The van der Waals surface area contributed by atoms with Crippen LogP contribution < -0.4 is 10.0 Å². The second kappa shape index (κ2) is 7.04. The molecule has 6 nitrogen and oxygen atoms in total. The Morgan fingerprint density at radius 1 is 1.18 bits per heavy atom. The number of carbonyl (C=O) groups is 1. The molecular formula is C15H17N3O3S. The van der Waals surface area contributed by atoms with Crippen molar-refractivity contribution in [2.75, 3.05) is 11.3 Å². The average Bonchev–Trinajstić information content (AvgIpc) is 2.53. The lowest BCUT2D eigenvalue weighted by atomic mass is 10.3. The molecule has 0 aliphatic carbocycles. The molecule has 1 amide bonds.